The third-order valence-corrected chi connectivity index (χ3v) is 4.83. The van der Waals surface area contributed by atoms with E-state index in [1.807, 2.05) is 0 Å². The molecule has 0 fully saturated rings. The third-order valence-electron chi connectivity index (χ3n) is 3.94. The summed E-state index contributed by atoms with van der Waals surface area (Å²) in [4.78, 5) is 15.5. The maximum Gasteiger partial charge on any atom is 0.304 e. The Morgan fingerprint density at radius 3 is 2.77 bits per heavy atom. The van der Waals surface area contributed by atoms with Crippen LogP contribution >= 0.6 is 11.3 Å². The lowest BCUT2D eigenvalue weighted by molar-refractivity contribution is -0.137. The SMILES string of the molecule is COc1c(F)cc(F)cc1-c1cccc(C(CC(=O)O)c2nccs2)c1. The van der Waals surface area contributed by atoms with Crippen molar-refractivity contribution in [2.45, 2.75) is 12.3 Å². The minimum Gasteiger partial charge on any atom is -0.493 e. The van der Waals surface area contributed by atoms with Gasteiger partial charge in [-0.2, -0.15) is 0 Å². The Kier molecular flexibility index (Phi) is 5.27. The van der Waals surface area contributed by atoms with Gasteiger partial charge in [-0.3, -0.25) is 4.79 Å². The highest BCUT2D eigenvalue weighted by atomic mass is 32.1. The third kappa shape index (κ3) is 3.72. The van der Waals surface area contributed by atoms with Gasteiger partial charge in [0.15, 0.2) is 11.6 Å². The molecule has 7 heteroatoms. The summed E-state index contributed by atoms with van der Waals surface area (Å²) in [5.74, 6) is -2.98. The van der Waals surface area contributed by atoms with Crippen molar-refractivity contribution in [1.82, 2.24) is 4.98 Å². The van der Waals surface area contributed by atoms with Crippen LogP contribution in [-0.2, 0) is 4.79 Å². The molecule has 0 radical (unpaired) electrons. The largest absolute Gasteiger partial charge is 0.493 e. The van der Waals surface area contributed by atoms with Crippen LogP contribution in [0.4, 0.5) is 8.78 Å². The first-order valence-corrected chi connectivity index (χ1v) is 8.62. The smallest absolute Gasteiger partial charge is 0.304 e. The molecule has 0 amide bonds. The Morgan fingerprint density at radius 2 is 2.12 bits per heavy atom. The minimum absolute atomic E-state index is 0.0624. The van der Waals surface area contributed by atoms with Gasteiger partial charge < -0.3 is 9.84 Å². The topological polar surface area (TPSA) is 59.4 Å². The maximum atomic E-state index is 14.0. The standard InChI is InChI=1S/C19H15F2NO3S/c1-25-18-14(8-13(20)9-16(18)21)11-3-2-4-12(7-11)15(10-17(23)24)19-22-5-6-26-19/h2-9,15H,10H2,1H3,(H,23,24). The van der Waals surface area contributed by atoms with Gasteiger partial charge in [0.05, 0.1) is 13.5 Å². The monoisotopic (exact) mass is 375 g/mol. The number of aromatic nitrogens is 1. The minimum atomic E-state index is -0.954. The van der Waals surface area contributed by atoms with Crippen LogP contribution in [0.25, 0.3) is 11.1 Å². The number of carboxylic acid groups (broad SMARTS) is 1. The molecule has 0 aliphatic heterocycles. The number of carboxylic acids is 1. The number of thiazole rings is 1. The first-order chi connectivity index (χ1) is 12.5. The predicted octanol–water partition coefficient (Wildman–Crippen LogP) is 4.70. The molecule has 3 aromatic rings. The van der Waals surface area contributed by atoms with E-state index in [1.54, 1.807) is 35.8 Å². The second kappa shape index (κ2) is 7.61. The van der Waals surface area contributed by atoms with Crippen molar-refractivity contribution in [3.63, 3.8) is 0 Å². The molecular weight excluding hydrogens is 360 g/mol. The zero-order valence-corrected chi connectivity index (χ0v) is 14.6. The number of hydrogen-bond acceptors (Lipinski definition) is 4. The predicted molar refractivity (Wildman–Crippen MR) is 94.6 cm³/mol. The molecule has 0 aliphatic rings. The second-order valence-electron chi connectivity index (χ2n) is 5.61. The highest BCUT2D eigenvalue weighted by molar-refractivity contribution is 7.09. The van der Waals surface area contributed by atoms with Gasteiger partial charge in [-0.1, -0.05) is 24.3 Å². The average Bonchev–Trinajstić information content (AvgIpc) is 3.13. The Hall–Kier alpha value is -2.80. The van der Waals surface area contributed by atoms with Gasteiger partial charge in [-0.15, -0.1) is 11.3 Å². The van der Waals surface area contributed by atoms with E-state index in [-0.39, 0.29) is 17.7 Å². The van der Waals surface area contributed by atoms with E-state index >= 15 is 0 Å². The highest BCUT2D eigenvalue weighted by Gasteiger charge is 2.22. The van der Waals surface area contributed by atoms with Gasteiger partial charge in [0, 0.05) is 29.1 Å². The van der Waals surface area contributed by atoms with Gasteiger partial charge >= 0.3 is 5.97 Å². The summed E-state index contributed by atoms with van der Waals surface area (Å²) in [5, 5.41) is 11.7. The van der Waals surface area contributed by atoms with Crippen molar-refractivity contribution in [3.8, 4) is 16.9 Å². The summed E-state index contributed by atoms with van der Waals surface area (Å²) in [5.41, 5.74) is 1.50. The van der Waals surface area contributed by atoms with E-state index in [0.29, 0.717) is 16.1 Å². The lowest BCUT2D eigenvalue weighted by atomic mass is 9.92. The molecule has 1 unspecified atom stereocenters. The molecule has 4 nitrogen and oxygen atoms in total. The molecule has 1 N–H and O–H groups in total. The molecule has 0 saturated carbocycles. The lowest BCUT2D eigenvalue weighted by Gasteiger charge is -2.15. The van der Waals surface area contributed by atoms with Crippen LogP contribution in [-0.4, -0.2) is 23.2 Å². The molecule has 2 aromatic carbocycles. The number of hydrogen-bond donors (Lipinski definition) is 1. The molecule has 26 heavy (non-hydrogen) atoms. The van der Waals surface area contributed by atoms with Crippen molar-refractivity contribution in [3.05, 3.63) is 70.2 Å². The van der Waals surface area contributed by atoms with Crippen LogP contribution in [0.3, 0.4) is 0 Å². The Labute approximate surface area is 152 Å². The lowest BCUT2D eigenvalue weighted by Crippen LogP contribution is -2.08. The van der Waals surface area contributed by atoms with E-state index in [4.69, 9.17) is 4.74 Å². The van der Waals surface area contributed by atoms with Crippen molar-refractivity contribution in [2.75, 3.05) is 7.11 Å². The van der Waals surface area contributed by atoms with Crippen molar-refractivity contribution in [2.24, 2.45) is 0 Å². The normalized spacial score (nSPS) is 12.0. The van der Waals surface area contributed by atoms with E-state index in [0.717, 1.165) is 6.07 Å². The molecule has 0 bridgehead atoms. The van der Waals surface area contributed by atoms with Gasteiger partial charge in [0.25, 0.3) is 0 Å². The fourth-order valence-electron chi connectivity index (χ4n) is 2.83. The molecule has 3 rings (SSSR count). The summed E-state index contributed by atoms with van der Waals surface area (Å²) in [7, 11) is 1.31. The zero-order valence-electron chi connectivity index (χ0n) is 13.8. The number of aliphatic carboxylic acids is 1. The van der Waals surface area contributed by atoms with Crippen LogP contribution in [0.15, 0.2) is 48.0 Å². The zero-order chi connectivity index (χ0) is 18.7. The number of methoxy groups -OCH3 is 1. The van der Waals surface area contributed by atoms with Crippen molar-refractivity contribution in [1.29, 1.82) is 0 Å². The molecule has 1 aromatic heterocycles. The molecule has 0 aliphatic carbocycles. The van der Waals surface area contributed by atoms with Crippen LogP contribution in [0, 0.1) is 11.6 Å². The highest BCUT2D eigenvalue weighted by Crippen LogP contribution is 2.36. The van der Waals surface area contributed by atoms with Gasteiger partial charge in [-0.25, -0.2) is 13.8 Å². The quantitative estimate of drug-likeness (QED) is 0.678. The number of benzene rings is 2. The van der Waals surface area contributed by atoms with Crippen LogP contribution in [0.2, 0.25) is 0 Å². The van der Waals surface area contributed by atoms with E-state index in [1.165, 1.54) is 24.5 Å². The summed E-state index contributed by atoms with van der Waals surface area (Å²) in [6, 6.07) is 8.85. The van der Waals surface area contributed by atoms with E-state index < -0.39 is 23.5 Å². The Balaban J connectivity index is 2.10. The summed E-state index contributed by atoms with van der Waals surface area (Å²) in [6.07, 6.45) is 1.48. The van der Waals surface area contributed by atoms with Gasteiger partial charge in [0.2, 0.25) is 0 Å². The molecule has 1 atom stereocenters. The number of rotatable bonds is 6. The summed E-state index contributed by atoms with van der Waals surface area (Å²) in [6.45, 7) is 0. The summed E-state index contributed by atoms with van der Waals surface area (Å²) < 4.78 is 32.8. The summed E-state index contributed by atoms with van der Waals surface area (Å²) >= 11 is 1.36. The number of nitrogens with zero attached hydrogens (tertiary/aromatic N) is 1. The molecule has 0 spiro atoms. The number of ether oxygens (including phenoxy) is 1. The fourth-order valence-corrected chi connectivity index (χ4v) is 3.60. The van der Waals surface area contributed by atoms with Crippen LogP contribution < -0.4 is 4.74 Å². The Bertz CT molecular complexity index is 929. The Morgan fingerprint density at radius 1 is 1.31 bits per heavy atom. The van der Waals surface area contributed by atoms with E-state index in [2.05, 4.69) is 4.98 Å². The average molecular weight is 375 g/mol. The first-order valence-electron chi connectivity index (χ1n) is 7.74. The van der Waals surface area contributed by atoms with Gasteiger partial charge in [0.1, 0.15) is 10.8 Å². The van der Waals surface area contributed by atoms with Crippen molar-refractivity contribution < 1.29 is 23.4 Å². The van der Waals surface area contributed by atoms with E-state index in [9.17, 15) is 18.7 Å². The number of carbonyl (C=O) groups is 1. The first kappa shape index (κ1) is 18.0. The van der Waals surface area contributed by atoms with Crippen LogP contribution in [0.1, 0.15) is 22.9 Å². The molecule has 134 valence electrons. The molecule has 1 heterocycles. The van der Waals surface area contributed by atoms with Crippen molar-refractivity contribution >= 4 is 17.3 Å². The molecule has 0 saturated heterocycles. The molecular formula is C19H15F2NO3S. The van der Waals surface area contributed by atoms with Gasteiger partial charge in [-0.05, 0) is 17.2 Å². The maximum absolute atomic E-state index is 14.0. The fraction of sp³-hybridized carbons (Fsp3) is 0.158. The number of halogens is 2. The second-order valence-corrected chi connectivity index (χ2v) is 6.54. The van der Waals surface area contributed by atoms with Crippen LogP contribution in [0.5, 0.6) is 5.75 Å².